The van der Waals surface area contributed by atoms with E-state index in [9.17, 15) is 13.2 Å². The molecule has 26 heavy (non-hydrogen) atoms. The van der Waals surface area contributed by atoms with Crippen LogP contribution in [0.1, 0.15) is 65.2 Å². The monoisotopic (exact) mass is 364 g/mol. The minimum absolute atomic E-state index is 0.618. The fourth-order valence-electron chi connectivity index (χ4n) is 2.85. The Labute approximate surface area is 156 Å². The van der Waals surface area contributed by atoms with Crippen LogP contribution in [-0.2, 0) is 0 Å². The minimum atomic E-state index is -4.37. The maximum atomic E-state index is 12.6. The van der Waals surface area contributed by atoms with Crippen molar-refractivity contribution in [2.75, 3.05) is 0 Å². The van der Waals surface area contributed by atoms with Gasteiger partial charge in [-0.1, -0.05) is 55.7 Å². The largest absolute Gasteiger partial charge is 0.415 e. The molecule has 0 atom stereocenters. The molecule has 0 spiro atoms. The molecule has 0 aromatic heterocycles. The van der Waals surface area contributed by atoms with Crippen molar-refractivity contribution in [2.45, 2.75) is 71.4 Å². The SMILES string of the molecule is C=C(C)CCCCCCCC1=CC=C(/C(C)=C/C(=C)C(F)(F)F)CC=C1. The first kappa shape index (κ1) is 22.3. The van der Waals surface area contributed by atoms with Crippen LogP contribution in [0.5, 0.6) is 0 Å². The smallest absolute Gasteiger partial charge is 0.166 e. The highest BCUT2D eigenvalue weighted by molar-refractivity contribution is 5.42. The summed E-state index contributed by atoms with van der Waals surface area (Å²) < 4.78 is 37.8. The average molecular weight is 364 g/mol. The zero-order chi connectivity index (χ0) is 19.6. The lowest BCUT2D eigenvalue weighted by Crippen LogP contribution is -2.09. The number of halogens is 3. The van der Waals surface area contributed by atoms with Gasteiger partial charge in [-0.15, -0.1) is 6.58 Å². The second kappa shape index (κ2) is 11.1. The molecule has 0 fully saturated rings. The standard InChI is InChI=1S/C23H31F3/c1-18(2)11-8-6-5-7-9-12-21-13-10-14-22(16-15-21)19(3)17-20(4)23(24,25)26/h10,13,15-17H,1,4-9,11-12,14H2,2-3H3/b19-17+. The predicted molar refractivity (Wildman–Crippen MR) is 106 cm³/mol. The van der Waals surface area contributed by atoms with E-state index in [-0.39, 0.29) is 0 Å². The van der Waals surface area contributed by atoms with Crippen LogP contribution in [0.15, 0.2) is 71.4 Å². The zero-order valence-electron chi connectivity index (χ0n) is 16.1. The molecule has 0 aliphatic heterocycles. The van der Waals surface area contributed by atoms with Crippen LogP contribution >= 0.6 is 0 Å². The summed E-state index contributed by atoms with van der Waals surface area (Å²) in [4.78, 5) is 0. The molecular formula is C23H31F3. The van der Waals surface area contributed by atoms with Gasteiger partial charge in [0.25, 0.3) is 0 Å². The predicted octanol–water partition coefficient (Wildman–Crippen LogP) is 8.17. The van der Waals surface area contributed by atoms with E-state index >= 15 is 0 Å². The maximum absolute atomic E-state index is 12.6. The molecule has 0 nitrogen and oxygen atoms in total. The Morgan fingerprint density at radius 3 is 2.35 bits per heavy atom. The third-order valence-corrected chi connectivity index (χ3v) is 4.50. The van der Waals surface area contributed by atoms with Gasteiger partial charge in [-0.3, -0.25) is 0 Å². The molecular weight excluding hydrogens is 333 g/mol. The number of unbranched alkanes of at least 4 members (excludes halogenated alkanes) is 4. The summed E-state index contributed by atoms with van der Waals surface area (Å²) in [5, 5.41) is 0. The first-order chi connectivity index (χ1) is 12.2. The van der Waals surface area contributed by atoms with E-state index < -0.39 is 11.7 Å². The van der Waals surface area contributed by atoms with Crippen LogP contribution in [0.4, 0.5) is 13.2 Å². The van der Waals surface area contributed by atoms with Crippen LogP contribution in [0, 0.1) is 0 Å². The molecule has 3 heteroatoms. The Bertz CT molecular complexity index is 610. The summed E-state index contributed by atoms with van der Waals surface area (Å²) in [6.45, 7) is 10.8. The van der Waals surface area contributed by atoms with Gasteiger partial charge in [0.15, 0.2) is 0 Å². The molecule has 0 N–H and O–H groups in total. The summed E-state index contributed by atoms with van der Waals surface area (Å²) in [5.41, 5.74) is 3.21. The molecule has 0 heterocycles. The van der Waals surface area contributed by atoms with E-state index in [2.05, 4.69) is 26.2 Å². The van der Waals surface area contributed by atoms with E-state index in [4.69, 9.17) is 0 Å². The van der Waals surface area contributed by atoms with Crippen molar-refractivity contribution in [3.8, 4) is 0 Å². The number of hydrogen-bond donors (Lipinski definition) is 0. The van der Waals surface area contributed by atoms with Gasteiger partial charge < -0.3 is 0 Å². The highest BCUT2D eigenvalue weighted by Crippen LogP contribution is 2.28. The lowest BCUT2D eigenvalue weighted by Gasteiger charge is -2.09. The Hall–Kier alpha value is -1.77. The maximum Gasteiger partial charge on any atom is 0.415 e. The van der Waals surface area contributed by atoms with Crippen molar-refractivity contribution in [2.24, 2.45) is 0 Å². The summed E-state index contributed by atoms with van der Waals surface area (Å²) >= 11 is 0. The lowest BCUT2D eigenvalue weighted by atomic mass is 10.0. The Balaban J connectivity index is 2.47. The van der Waals surface area contributed by atoms with Gasteiger partial charge in [0.1, 0.15) is 0 Å². The number of alkyl halides is 3. The molecule has 0 bridgehead atoms. The molecule has 0 saturated carbocycles. The molecule has 0 unspecified atom stereocenters. The molecule has 1 aliphatic carbocycles. The van der Waals surface area contributed by atoms with Gasteiger partial charge in [-0.25, -0.2) is 0 Å². The topological polar surface area (TPSA) is 0 Å². The van der Waals surface area contributed by atoms with Crippen molar-refractivity contribution < 1.29 is 13.2 Å². The van der Waals surface area contributed by atoms with Crippen molar-refractivity contribution in [1.29, 1.82) is 0 Å². The summed E-state index contributed by atoms with van der Waals surface area (Å²) in [5.74, 6) is 0. The van der Waals surface area contributed by atoms with Crippen LogP contribution in [0.3, 0.4) is 0 Å². The van der Waals surface area contributed by atoms with Crippen molar-refractivity contribution in [1.82, 2.24) is 0 Å². The summed E-state index contributed by atoms with van der Waals surface area (Å²) in [7, 11) is 0. The van der Waals surface area contributed by atoms with Crippen LogP contribution in [-0.4, -0.2) is 6.18 Å². The average Bonchev–Trinajstić information content (AvgIpc) is 2.78. The quantitative estimate of drug-likeness (QED) is 0.208. The van der Waals surface area contributed by atoms with Gasteiger partial charge in [-0.2, -0.15) is 13.2 Å². The van der Waals surface area contributed by atoms with Crippen LogP contribution < -0.4 is 0 Å². The van der Waals surface area contributed by atoms with E-state index in [1.165, 1.54) is 36.8 Å². The summed E-state index contributed by atoms with van der Waals surface area (Å²) in [6.07, 6.45) is 13.7. The van der Waals surface area contributed by atoms with E-state index in [1.54, 1.807) is 6.92 Å². The molecule has 1 aliphatic rings. The number of hydrogen-bond acceptors (Lipinski definition) is 0. The summed E-state index contributed by atoms with van der Waals surface area (Å²) in [6, 6.07) is 0. The molecule has 0 amide bonds. The zero-order valence-corrected chi connectivity index (χ0v) is 16.1. The Kier molecular flexibility index (Phi) is 9.47. The second-order valence-corrected chi connectivity index (χ2v) is 7.12. The lowest BCUT2D eigenvalue weighted by molar-refractivity contribution is -0.0878. The van der Waals surface area contributed by atoms with Crippen LogP contribution in [0.2, 0.25) is 0 Å². The molecule has 0 aromatic rings. The molecule has 0 saturated heterocycles. The molecule has 0 aromatic carbocycles. The van der Waals surface area contributed by atoms with E-state index in [1.807, 2.05) is 18.2 Å². The van der Waals surface area contributed by atoms with Gasteiger partial charge in [0, 0.05) is 5.57 Å². The normalized spacial score (nSPS) is 15.3. The Morgan fingerprint density at radius 2 is 1.69 bits per heavy atom. The third kappa shape index (κ3) is 9.07. The first-order valence-corrected chi connectivity index (χ1v) is 9.35. The van der Waals surface area contributed by atoms with Crippen molar-refractivity contribution in [3.63, 3.8) is 0 Å². The number of allylic oxidation sites excluding steroid dienone is 10. The van der Waals surface area contributed by atoms with Gasteiger partial charge in [0.05, 0.1) is 0 Å². The second-order valence-electron chi connectivity index (χ2n) is 7.12. The van der Waals surface area contributed by atoms with Gasteiger partial charge in [0.2, 0.25) is 0 Å². The van der Waals surface area contributed by atoms with Gasteiger partial charge >= 0.3 is 6.18 Å². The van der Waals surface area contributed by atoms with E-state index in [0.717, 1.165) is 30.9 Å². The fourth-order valence-corrected chi connectivity index (χ4v) is 2.85. The molecule has 0 radical (unpaired) electrons. The first-order valence-electron chi connectivity index (χ1n) is 9.35. The molecule has 144 valence electrons. The van der Waals surface area contributed by atoms with Gasteiger partial charge in [-0.05, 0) is 68.7 Å². The van der Waals surface area contributed by atoms with Crippen molar-refractivity contribution in [3.05, 3.63) is 71.4 Å². The van der Waals surface area contributed by atoms with Crippen molar-refractivity contribution >= 4 is 0 Å². The minimum Gasteiger partial charge on any atom is -0.166 e. The molecule has 1 rings (SSSR count). The highest BCUT2D eigenvalue weighted by Gasteiger charge is 2.30. The third-order valence-electron chi connectivity index (χ3n) is 4.50. The fraction of sp³-hybridized carbons (Fsp3) is 0.478. The number of rotatable bonds is 10. The Morgan fingerprint density at radius 1 is 1.04 bits per heavy atom. The van der Waals surface area contributed by atoms with Crippen LogP contribution in [0.25, 0.3) is 0 Å². The highest BCUT2D eigenvalue weighted by atomic mass is 19.4. The van der Waals surface area contributed by atoms with E-state index in [0.29, 0.717) is 12.0 Å².